The summed E-state index contributed by atoms with van der Waals surface area (Å²) < 4.78 is 0. The molecule has 0 amide bonds. The van der Waals surface area contributed by atoms with Crippen molar-refractivity contribution in [1.82, 2.24) is 0 Å². The number of nitrogens with two attached hydrogens (primary N) is 1. The first-order valence-corrected chi connectivity index (χ1v) is 5.97. The highest BCUT2D eigenvalue weighted by Crippen LogP contribution is 2.17. The average molecular weight is 242 g/mol. The van der Waals surface area contributed by atoms with Crippen LogP contribution in [0, 0.1) is 6.92 Å². The SMILES string of the molecule is Cc1ccc(NCc2cccc(CO)c2)cc1N. The van der Waals surface area contributed by atoms with Crippen molar-refractivity contribution < 1.29 is 5.11 Å². The number of hydrogen-bond donors (Lipinski definition) is 3. The summed E-state index contributed by atoms with van der Waals surface area (Å²) in [5, 5.41) is 12.4. The maximum absolute atomic E-state index is 9.08. The van der Waals surface area contributed by atoms with Crippen molar-refractivity contribution in [3.05, 3.63) is 59.2 Å². The Hall–Kier alpha value is -2.00. The van der Waals surface area contributed by atoms with Crippen LogP contribution in [0.2, 0.25) is 0 Å². The molecule has 0 atom stereocenters. The van der Waals surface area contributed by atoms with Gasteiger partial charge < -0.3 is 16.2 Å². The predicted molar refractivity (Wildman–Crippen MR) is 75.3 cm³/mol. The molecule has 0 aromatic heterocycles. The first kappa shape index (κ1) is 12.5. The van der Waals surface area contributed by atoms with E-state index in [2.05, 4.69) is 5.32 Å². The summed E-state index contributed by atoms with van der Waals surface area (Å²) in [5.74, 6) is 0. The Kier molecular flexibility index (Phi) is 3.85. The Morgan fingerprint density at radius 2 is 1.89 bits per heavy atom. The van der Waals surface area contributed by atoms with Gasteiger partial charge in [-0.05, 0) is 35.7 Å². The standard InChI is InChI=1S/C15H18N2O/c1-11-5-6-14(8-15(11)16)17-9-12-3-2-4-13(7-12)10-18/h2-8,17-18H,9-10,16H2,1H3. The maximum Gasteiger partial charge on any atom is 0.0681 e. The van der Waals surface area contributed by atoms with E-state index in [4.69, 9.17) is 10.8 Å². The number of benzene rings is 2. The fourth-order valence-corrected chi connectivity index (χ4v) is 1.79. The normalized spacial score (nSPS) is 10.3. The lowest BCUT2D eigenvalue weighted by Gasteiger charge is -2.09. The van der Waals surface area contributed by atoms with Gasteiger partial charge in [-0.15, -0.1) is 0 Å². The molecular formula is C15H18N2O. The summed E-state index contributed by atoms with van der Waals surface area (Å²) >= 11 is 0. The van der Waals surface area contributed by atoms with Crippen LogP contribution in [0.15, 0.2) is 42.5 Å². The molecule has 0 radical (unpaired) electrons. The monoisotopic (exact) mass is 242 g/mol. The number of aliphatic hydroxyl groups excluding tert-OH is 1. The molecule has 4 N–H and O–H groups in total. The molecule has 0 unspecified atom stereocenters. The van der Waals surface area contributed by atoms with E-state index < -0.39 is 0 Å². The van der Waals surface area contributed by atoms with E-state index in [1.165, 1.54) is 0 Å². The van der Waals surface area contributed by atoms with Crippen LogP contribution in [0.25, 0.3) is 0 Å². The van der Waals surface area contributed by atoms with Gasteiger partial charge in [0.2, 0.25) is 0 Å². The zero-order valence-electron chi connectivity index (χ0n) is 10.5. The lowest BCUT2D eigenvalue weighted by Crippen LogP contribution is -2.01. The number of aryl methyl sites for hydroxylation is 1. The van der Waals surface area contributed by atoms with Crippen LogP contribution in [0.1, 0.15) is 16.7 Å². The van der Waals surface area contributed by atoms with Gasteiger partial charge in [0.25, 0.3) is 0 Å². The van der Waals surface area contributed by atoms with Crippen LogP contribution in [0.3, 0.4) is 0 Å². The van der Waals surface area contributed by atoms with Crippen LogP contribution in [-0.4, -0.2) is 5.11 Å². The highest BCUT2D eigenvalue weighted by molar-refractivity contribution is 5.58. The Balaban J connectivity index is 2.04. The zero-order chi connectivity index (χ0) is 13.0. The number of aliphatic hydroxyl groups is 1. The first-order valence-electron chi connectivity index (χ1n) is 5.97. The van der Waals surface area contributed by atoms with Gasteiger partial charge in [-0.25, -0.2) is 0 Å². The summed E-state index contributed by atoms with van der Waals surface area (Å²) in [6.07, 6.45) is 0. The second-order valence-corrected chi connectivity index (χ2v) is 4.40. The van der Waals surface area contributed by atoms with Crippen LogP contribution in [-0.2, 0) is 13.2 Å². The molecule has 2 aromatic carbocycles. The predicted octanol–water partition coefficient (Wildman–Crippen LogP) is 2.68. The Bertz CT molecular complexity index is 538. The summed E-state index contributed by atoms with van der Waals surface area (Å²) in [4.78, 5) is 0. The third-order valence-corrected chi connectivity index (χ3v) is 2.95. The molecule has 0 aliphatic carbocycles. The van der Waals surface area contributed by atoms with Crippen LogP contribution < -0.4 is 11.1 Å². The van der Waals surface area contributed by atoms with Crippen molar-refractivity contribution in [1.29, 1.82) is 0 Å². The summed E-state index contributed by atoms with van der Waals surface area (Å²) in [5.41, 5.74) is 10.8. The number of nitrogen functional groups attached to an aromatic ring is 1. The lowest BCUT2D eigenvalue weighted by molar-refractivity contribution is 0.281. The molecule has 3 heteroatoms. The summed E-state index contributed by atoms with van der Waals surface area (Å²) in [6, 6.07) is 13.8. The molecule has 2 rings (SSSR count). The van der Waals surface area contributed by atoms with Crippen molar-refractivity contribution in [3.63, 3.8) is 0 Å². The van der Waals surface area contributed by atoms with Gasteiger partial charge in [-0.1, -0.05) is 30.3 Å². The Labute approximate surface area is 107 Å². The van der Waals surface area contributed by atoms with Gasteiger partial charge in [-0.3, -0.25) is 0 Å². The number of hydrogen-bond acceptors (Lipinski definition) is 3. The molecule has 0 saturated carbocycles. The topological polar surface area (TPSA) is 58.3 Å². The van der Waals surface area contributed by atoms with E-state index in [0.717, 1.165) is 34.6 Å². The van der Waals surface area contributed by atoms with Crippen molar-refractivity contribution in [2.24, 2.45) is 0 Å². The minimum Gasteiger partial charge on any atom is -0.398 e. The largest absolute Gasteiger partial charge is 0.398 e. The summed E-state index contributed by atoms with van der Waals surface area (Å²) in [7, 11) is 0. The van der Waals surface area contributed by atoms with Crippen LogP contribution >= 0.6 is 0 Å². The van der Waals surface area contributed by atoms with Crippen molar-refractivity contribution >= 4 is 11.4 Å². The quantitative estimate of drug-likeness (QED) is 0.722. The molecule has 0 bridgehead atoms. The van der Waals surface area contributed by atoms with Crippen molar-refractivity contribution in [2.45, 2.75) is 20.1 Å². The maximum atomic E-state index is 9.08. The van der Waals surface area contributed by atoms with Gasteiger partial charge in [-0.2, -0.15) is 0 Å². The fraction of sp³-hybridized carbons (Fsp3) is 0.200. The van der Waals surface area contributed by atoms with E-state index in [1.807, 2.05) is 49.4 Å². The van der Waals surface area contributed by atoms with Crippen molar-refractivity contribution in [2.75, 3.05) is 11.1 Å². The minimum atomic E-state index is 0.0747. The summed E-state index contributed by atoms with van der Waals surface area (Å²) in [6.45, 7) is 2.78. The lowest BCUT2D eigenvalue weighted by atomic mass is 10.1. The molecule has 0 spiro atoms. The van der Waals surface area contributed by atoms with Gasteiger partial charge in [0.15, 0.2) is 0 Å². The first-order chi connectivity index (χ1) is 8.69. The third-order valence-electron chi connectivity index (χ3n) is 2.95. The smallest absolute Gasteiger partial charge is 0.0681 e. The van der Waals surface area contributed by atoms with Crippen molar-refractivity contribution in [3.8, 4) is 0 Å². The second-order valence-electron chi connectivity index (χ2n) is 4.40. The molecule has 0 fully saturated rings. The van der Waals surface area contributed by atoms with E-state index in [1.54, 1.807) is 0 Å². The zero-order valence-corrected chi connectivity index (χ0v) is 10.5. The second kappa shape index (κ2) is 5.56. The molecule has 0 aliphatic rings. The minimum absolute atomic E-state index is 0.0747. The van der Waals surface area contributed by atoms with Crippen LogP contribution in [0.4, 0.5) is 11.4 Å². The molecule has 0 heterocycles. The van der Waals surface area contributed by atoms with E-state index >= 15 is 0 Å². The van der Waals surface area contributed by atoms with E-state index in [0.29, 0.717) is 0 Å². The number of anilines is 2. The van der Waals surface area contributed by atoms with Gasteiger partial charge >= 0.3 is 0 Å². The Morgan fingerprint density at radius 1 is 1.11 bits per heavy atom. The van der Waals surface area contributed by atoms with Gasteiger partial charge in [0, 0.05) is 17.9 Å². The molecule has 3 nitrogen and oxygen atoms in total. The molecule has 0 saturated heterocycles. The Morgan fingerprint density at radius 3 is 2.61 bits per heavy atom. The highest BCUT2D eigenvalue weighted by atomic mass is 16.3. The highest BCUT2D eigenvalue weighted by Gasteiger charge is 1.98. The van der Waals surface area contributed by atoms with Gasteiger partial charge in [0.05, 0.1) is 6.61 Å². The molecule has 18 heavy (non-hydrogen) atoms. The average Bonchev–Trinajstić information content (AvgIpc) is 2.40. The molecule has 0 aliphatic heterocycles. The molecule has 2 aromatic rings. The van der Waals surface area contributed by atoms with E-state index in [-0.39, 0.29) is 6.61 Å². The molecular weight excluding hydrogens is 224 g/mol. The third kappa shape index (κ3) is 3.02. The fourth-order valence-electron chi connectivity index (χ4n) is 1.79. The number of rotatable bonds is 4. The van der Waals surface area contributed by atoms with E-state index in [9.17, 15) is 0 Å². The van der Waals surface area contributed by atoms with Crippen LogP contribution in [0.5, 0.6) is 0 Å². The number of nitrogens with one attached hydrogen (secondary N) is 1. The van der Waals surface area contributed by atoms with Gasteiger partial charge in [0.1, 0.15) is 0 Å². The molecule has 94 valence electrons.